The van der Waals surface area contributed by atoms with Crippen LogP contribution in [0.4, 0.5) is 0 Å². The third kappa shape index (κ3) is 3.24. The van der Waals surface area contributed by atoms with E-state index in [0.717, 1.165) is 0 Å². The average Bonchev–Trinajstić information content (AvgIpc) is 2.72. The van der Waals surface area contributed by atoms with Crippen LogP contribution in [0.2, 0.25) is 0 Å². The molecule has 0 aromatic carbocycles. The Labute approximate surface area is 130 Å². The zero-order valence-electron chi connectivity index (χ0n) is 12.3. The Morgan fingerprint density at radius 3 is 2.71 bits per heavy atom. The van der Waals surface area contributed by atoms with Crippen LogP contribution < -0.4 is 11.2 Å². The first-order chi connectivity index (χ1) is 9.81. The van der Waals surface area contributed by atoms with E-state index in [4.69, 9.17) is 11.6 Å². The lowest BCUT2D eigenvalue weighted by Crippen LogP contribution is -2.29. The standard InChI is InChI=1S/C13H17ClN4O2S/c1-7(2)21-13-15-10-9(18(13)6-5-8(3)14)11(19)16-12(20)17(10)4/h5,7H,6H2,1-4H3,(H,16,19,20)/b8-5-. The van der Waals surface area contributed by atoms with Crippen molar-refractivity contribution in [2.45, 2.75) is 37.7 Å². The molecule has 0 aliphatic carbocycles. The van der Waals surface area contributed by atoms with E-state index in [2.05, 4.69) is 9.97 Å². The second-order valence-corrected chi connectivity index (χ2v) is 7.09. The smallest absolute Gasteiger partial charge is 0.309 e. The van der Waals surface area contributed by atoms with Gasteiger partial charge >= 0.3 is 5.69 Å². The lowest BCUT2D eigenvalue weighted by atomic mass is 10.4. The molecule has 2 aromatic rings. The summed E-state index contributed by atoms with van der Waals surface area (Å²) in [4.78, 5) is 30.6. The molecule has 1 N–H and O–H groups in total. The highest BCUT2D eigenvalue weighted by Crippen LogP contribution is 2.25. The maximum atomic E-state index is 12.1. The van der Waals surface area contributed by atoms with Crippen LogP contribution in [-0.2, 0) is 13.6 Å². The van der Waals surface area contributed by atoms with Gasteiger partial charge in [0.25, 0.3) is 5.56 Å². The molecule has 6 nitrogen and oxygen atoms in total. The number of nitrogens with zero attached hydrogens (tertiary/aromatic N) is 3. The van der Waals surface area contributed by atoms with Crippen molar-refractivity contribution in [2.24, 2.45) is 7.05 Å². The Hall–Kier alpha value is -1.47. The van der Waals surface area contributed by atoms with Gasteiger partial charge in [0.2, 0.25) is 0 Å². The molecular weight excluding hydrogens is 312 g/mol. The van der Waals surface area contributed by atoms with Crippen LogP contribution in [0.15, 0.2) is 25.9 Å². The number of fused-ring (bicyclic) bond motifs is 1. The van der Waals surface area contributed by atoms with Crippen LogP contribution in [0.25, 0.3) is 11.2 Å². The Bertz CT molecular complexity index is 812. The van der Waals surface area contributed by atoms with Gasteiger partial charge in [-0.25, -0.2) is 9.78 Å². The molecule has 2 rings (SSSR count). The van der Waals surface area contributed by atoms with Crippen molar-refractivity contribution in [2.75, 3.05) is 0 Å². The lowest BCUT2D eigenvalue weighted by Gasteiger charge is -2.07. The fourth-order valence-corrected chi connectivity index (χ4v) is 2.82. The number of rotatable bonds is 4. The number of nitrogens with one attached hydrogen (secondary N) is 1. The van der Waals surface area contributed by atoms with Crippen LogP contribution in [-0.4, -0.2) is 24.4 Å². The monoisotopic (exact) mass is 328 g/mol. The number of aromatic amines is 1. The summed E-state index contributed by atoms with van der Waals surface area (Å²) in [7, 11) is 1.59. The molecule has 8 heteroatoms. The van der Waals surface area contributed by atoms with Gasteiger partial charge in [0.1, 0.15) is 0 Å². The number of halogens is 1. The number of H-pyrrole nitrogens is 1. The van der Waals surface area contributed by atoms with E-state index in [1.165, 1.54) is 16.3 Å². The summed E-state index contributed by atoms with van der Waals surface area (Å²) in [5, 5.41) is 1.64. The van der Waals surface area contributed by atoms with Gasteiger partial charge in [-0.15, -0.1) is 0 Å². The van der Waals surface area contributed by atoms with E-state index >= 15 is 0 Å². The second kappa shape index (κ2) is 6.11. The molecule has 0 aliphatic heterocycles. The third-order valence-corrected chi connectivity index (χ3v) is 4.02. The van der Waals surface area contributed by atoms with Gasteiger partial charge < -0.3 is 4.57 Å². The van der Waals surface area contributed by atoms with E-state index < -0.39 is 11.2 Å². The molecule has 0 saturated carbocycles. The topological polar surface area (TPSA) is 72.7 Å². The van der Waals surface area contributed by atoms with Gasteiger partial charge in [-0.05, 0) is 6.92 Å². The van der Waals surface area contributed by atoms with E-state index in [1.54, 1.807) is 24.6 Å². The first-order valence-electron chi connectivity index (χ1n) is 6.49. The maximum absolute atomic E-state index is 12.1. The van der Waals surface area contributed by atoms with Crippen molar-refractivity contribution < 1.29 is 0 Å². The molecule has 0 saturated heterocycles. The quantitative estimate of drug-likeness (QED) is 0.872. The Morgan fingerprint density at radius 2 is 2.14 bits per heavy atom. The molecule has 114 valence electrons. The van der Waals surface area contributed by atoms with E-state index in [1.807, 2.05) is 13.8 Å². The lowest BCUT2D eigenvalue weighted by molar-refractivity contribution is 0.740. The number of allylic oxidation sites excluding steroid dienone is 2. The molecule has 0 fully saturated rings. The van der Waals surface area contributed by atoms with E-state index in [-0.39, 0.29) is 0 Å². The minimum Gasteiger partial charge on any atom is -0.309 e. The minimum atomic E-state index is -0.470. The predicted octanol–water partition coefficient (Wildman–Crippen LogP) is 2.07. The number of hydrogen-bond acceptors (Lipinski definition) is 4. The van der Waals surface area contributed by atoms with Crippen molar-refractivity contribution in [1.29, 1.82) is 0 Å². The Balaban J connectivity index is 2.76. The molecule has 2 heterocycles. The summed E-state index contributed by atoms with van der Waals surface area (Å²) < 4.78 is 3.12. The van der Waals surface area contributed by atoms with Gasteiger partial charge in [-0.2, -0.15) is 0 Å². The van der Waals surface area contributed by atoms with Gasteiger partial charge in [0, 0.05) is 23.9 Å². The van der Waals surface area contributed by atoms with Gasteiger partial charge in [0.05, 0.1) is 0 Å². The molecule has 0 amide bonds. The average molecular weight is 329 g/mol. The fourth-order valence-electron chi connectivity index (χ4n) is 1.90. The summed E-state index contributed by atoms with van der Waals surface area (Å²) in [5.74, 6) is 0. The zero-order chi connectivity index (χ0) is 15.7. The number of imidazole rings is 1. The minimum absolute atomic E-state index is 0.303. The van der Waals surface area contributed by atoms with Crippen molar-refractivity contribution in [1.82, 2.24) is 19.1 Å². The number of aryl methyl sites for hydroxylation is 1. The number of thioether (sulfide) groups is 1. The summed E-state index contributed by atoms with van der Waals surface area (Å²) in [6.45, 7) is 6.29. The Kier molecular flexibility index (Phi) is 4.63. The highest BCUT2D eigenvalue weighted by Gasteiger charge is 2.17. The van der Waals surface area contributed by atoms with Crippen LogP contribution >= 0.6 is 23.4 Å². The largest absolute Gasteiger partial charge is 0.329 e. The summed E-state index contributed by atoms with van der Waals surface area (Å²) in [6, 6.07) is 0. The number of aromatic nitrogens is 4. The first kappa shape index (κ1) is 15.9. The summed E-state index contributed by atoms with van der Waals surface area (Å²) >= 11 is 7.42. The van der Waals surface area contributed by atoms with Crippen molar-refractivity contribution in [3.05, 3.63) is 31.9 Å². The van der Waals surface area contributed by atoms with Crippen molar-refractivity contribution in [3.8, 4) is 0 Å². The van der Waals surface area contributed by atoms with Crippen LogP contribution in [0, 0.1) is 0 Å². The highest BCUT2D eigenvalue weighted by atomic mass is 35.5. The maximum Gasteiger partial charge on any atom is 0.329 e. The molecule has 0 atom stereocenters. The molecule has 2 aromatic heterocycles. The molecule has 0 unspecified atom stereocenters. The second-order valence-electron chi connectivity index (χ2n) is 4.95. The fraction of sp³-hybridized carbons (Fsp3) is 0.462. The van der Waals surface area contributed by atoms with E-state index in [0.29, 0.717) is 33.1 Å². The van der Waals surface area contributed by atoms with Gasteiger partial charge in [-0.3, -0.25) is 14.3 Å². The molecule has 0 radical (unpaired) electrons. The molecular formula is C13H17ClN4O2S. The third-order valence-electron chi connectivity index (χ3n) is 2.87. The number of hydrogen-bond donors (Lipinski definition) is 1. The SMILES string of the molecule is C/C(Cl)=C/Cn1c(SC(C)C)nc2c1c(=O)[nH]c(=O)n2C. The molecule has 0 spiro atoms. The molecule has 21 heavy (non-hydrogen) atoms. The molecule has 0 bridgehead atoms. The van der Waals surface area contributed by atoms with Gasteiger partial charge in [-0.1, -0.05) is 43.3 Å². The van der Waals surface area contributed by atoms with Crippen LogP contribution in [0.5, 0.6) is 0 Å². The van der Waals surface area contributed by atoms with Crippen molar-refractivity contribution >= 4 is 34.5 Å². The highest BCUT2D eigenvalue weighted by molar-refractivity contribution is 7.99. The predicted molar refractivity (Wildman–Crippen MR) is 86.2 cm³/mol. The summed E-state index contributed by atoms with van der Waals surface area (Å²) in [6.07, 6.45) is 1.80. The summed E-state index contributed by atoms with van der Waals surface area (Å²) in [5.41, 5.74) is -0.138. The molecule has 0 aliphatic rings. The first-order valence-corrected chi connectivity index (χ1v) is 7.75. The van der Waals surface area contributed by atoms with Crippen LogP contribution in [0.3, 0.4) is 0 Å². The Morgan fingerprint density at radius 1 is 1.48 bits per heavy atom. The normalized spacial score (nSPS) is 12.6. The van der Waals surface area contributed by atoms with Crippen molar-refractivity contribution in [3.63, 3.8) is 0 Å². The zero-order valence-corrected chi connectivity index (χ0v) is 13.9. The van der Waals surface area contributed by atoms with Crippen LogP contribution in [0.1, 0.15) is 20.8 Å². The van der Waals surface area contributed by atoms with E-state index in [9.17, 15) is 9.59 Å². The van der Waals surface area contributed by atoms with Gasteiger partial charge in [0.15, 0.2) is 16.3 Å².